The molecule has 1 aromatic heterocycles. The zero-order valence-corrected chi connectivity index (χ0v) is 31.2. The van der Waals surface area contributed by atoms with Crippen LogP contribution in [0.3, 0.4) is 0 Å². The van der Waals surface area contributed by atoms with Crippen LogP contribution < -0.4 is 5.73 Å². The van der Waals surface area contributed by atoms with Crippen molar-refractivity contribution in [3.05, 3.63) is 24.0 Å². The lowest BCUT2D eigenvalue weighted by molar-refractivity contribution is -0.272. The monoisotopic (exact) mass is 652 g/mol. The van der Waals surface area contributed by atoms with Crippen molar-refractivity contribution in [3.8, 4) is 0 Å². The summed E-state index contributed by atoms with van der Waals surface area (Å²) in [6.45, 7) is 26.8. The summed E-state index contributed by atoms with van der Waals surface area (Å²) in [5.74, 6) is 0.834. The molecule has 47 heavy (non-hydrogen) atoms. The Morgan fingerprint density at radius 3 is 2.34 bits per heavy atom. The van der Waals surface area contributed by atoms with E-state index in [-0.39, 0.29) is 51.1 Å². The average molecular weight is 653 g/mol. The van der Waals surface area contributed by atoms with Crippen LogP contribution in [-0.4, -0.2) is 57.5 Å². The third kappa shape index (κ3) is 4.65. The van der Waals surface area contributed by atoms with Gasteiger partial charge in [-0.05, 0) is 90.8 Å². The normalized spacial score (nSPS) is 46.6. The number of ether oxygens (including phenoxy) is 2. The Balaban J connectivity index is 1.47. The van der Waals surface area contributed by atoms with Gasteiger partial charge in [0, 0.05) is 16.4 Å². The van der Waals surface area contributed by atoms with E-state index in [1.807, 2.05) is 4.80 Å². The molecule has 8 heteroatoms. The fourth-order valence-electron chi connectivity index (χ4n) is 12.4. The molecule has 4 fully saturated rings. The molecule has 1 unspecified atom stereocenters. The Morgan fingerprint density at radius 1 is 1.09 bits per heavy atom. The third-order valence-electron chi connectivity index (χ3n) is 16.3. The second kappa shape index (κ2) is 11.4. The van der Waals surface area contributed by atoms with Crippen LogP contribution in [0, 0.1) is 68.5 Å². The molecule has 1 saturated heterocycles. The van der Waals surface area contributed by atoms with Crippen LogP contribution in [0.15, 0.2) is 24.0 Å². The van der Waals surface area contributed by atoms with Crippen molar-refractivity contribution in [1.29, 1.82) is 0 Å². The van der Waals surface area contributed by atoms with Crippen molar-refractivity contribution in [2.75, 3.05) is 19.8 Å². The summed E-state index contributed by atoms with van der Waals surface area (Å²) in [6.07, 6.45) is 10.9. The highest BCUT2D eigenvalue weighted by atomic mass is 16.5. The van der Waals surface area contributed by atoms with E-state index < -0.39 is 17.4 Å². The molecule has 2 heterocycles. The van der Waals surface area contributed by atoms with Gasteiger partial charge in [0.05, 0.1) is 44.2 Å². The van der Waals surface area contributed by atoms with Crippen molar-refractivity contribution in [1.82, 2.24) is 15.0 Å². The molecule has 2 bridgehead atoms. The number of aromatic nitrogens is 3. The highest BCUT2D eigenvalue weighted by Gasteiger charge is 2.73. The molecule has 0 amide bonds. The standard InChI is InChI=1S/C39H64N4O4/c1-23(2)25(5)34(7)16-17-36(9)27-12-13-29-35(8)20-46-22-39(29,28(27)14-15-37(36,10)31(34)33(44)45)26(6)30(43-41-18-19-42-43)32(35)47-21-38(11,40)24(3)4/h14,18-19,23-27,29-32H,12-13,15-17,20-22,40H2,1-11H3,(H,44,45)/t25-,26?,27+,29+,30-,31-,32+,34-,35+,36-,37+,38+,39-/m1/s1. The van der Waals surface area contributed by atoms with Crippen molar-refractivity contribution >= 4 is 5.97 Å². The summed E-state index contributed by atoms with van der Waals surface area (Å²) < 4.78 is 13.8. The van der Waals surface area contributed by atoms with E-state index in [9.17, 15) is 9.90 Å². The van der Waals surface area contributed by atoms with E-state index in [1.165, 1.54) is 5.57 Å². The van der Waals surface area contributed by atoms with Gasteiger partial charge in [-0.1, -0.05) is 80.9 Å². The second-order valence-corrected chi connectivity index (χ2v) is 18.8. The van der Waals surface area contributed by atoms with Crippen molar-refractivity contribution in [2.24, 2.45) is 74.2 Å². The molecule has 6 rings (SSSR count). The minimum Gasteiger partial charge on any atom is -0.481 e. The number of carboxylic acids is 1. The van der Waals surface area contributed by atoms with Crippen molar-refractivity contribution in [3.63, 3.8) is 0 Å². The summed E-state index contributed by atoms with van der Waals surface area (Å²) in [6, 6.07) is -0.0767. The van der Waals surface area contributed by atoms with Gasteiger partial charge in [0.15, 0.2) is 0 Å². The van der Waals surface area contributed by atoms with Gasteiger partial charge in [-0.2, -0.15) is 15.0 Å². The second-order valence-electron chi connectivity index (χ2n) is 18.8. The number of aliphatic carboxylic acids is 1. The largest absolute Gasteiger partial charge is 0.481 e. The van der Waals surface area contributed by atoms with Gasteiger partial charge in [0.2, 0.25) is 0 Å². The Bertz CT molecular complexity index is 1370. The predicted octanol–water partition coefficient (Wildman–Crippen LogP) is 7.41. The SMILES string of the molecule is CC(C)[C@@H](C)[C@@]1(C)CC[C@]2(C)[C@H]3CC[C@H]4[C@]5(C)COC[C@]4(C3=CC[C@@]2(C)[C@@H]1C(=O)O)C(C)[C@@H](n1nccn1)[C@@H]5OC[C@](C)(N)C(C)C. The lowest BCUT2D eigenvalue weighted by Crippen LogP contribution is -2.71. The van der Waals surface area contributed by atoms with Crippen LogP contribution in [0.5, 0.6) is 0 Å². The highest BCUT2D eigenvalue weighted by molar-refractivity contribution is 5.73. The minimum atomic E-state index is -0.616. The molecular weight excluding hydrogens is 588 g/mol. The van der Waals surface area contributed by atoms with Gasteiger partial charge in [0.25, 0.3) is 0 Å². The molecule has 1 aromatic rings. The molecule has 1 aliphatic heterocycles. The molecule has 8 nitrogen and oxygen atoms in total. The summed E-state index contributed by atoms with van der Waals surface area (Å²) in [7, 11) is 0. The van der Waals surface area contributed by atoms with Crippen LogP contribution in [0.1, 0.15) is 114 Å². The Kier molecular flexibility index (Phi) is 8.49. The number of rotatable bonds is 8. The molecule has 264 valence electrons. The third-order valence-corrected chi connectivity index (χ3v) is 16.3. The van der Waals surface area contributed by atoms with E-state index in [2.05, 4.69) is 82.2 Å². The van der Waals surface area contributed by atoms with Crippen LogP contribution in [0.4, 0.5) is 0 Å². The summed E-state index contributed by atoms with van der Waals surface area (Å²) in [5.41, 5.74) is 6.67. The maximum absolute atomic E-state index is 13.5. The lowest BCUT2D eigenvalue weighted by Gasteiger charge is -2.72. The molecule has 13 atom stereocenters. The van der Waals surface area contributed by atoms with Crippen LogP contribution in [0.2, 0.25) is 0 Å². The predicted molar refractivity (Wildman–Crippen MR) is 184 cm³/mol. The topological polar surface area (TPSA) is 112 Å². The number of hydrogen-bond acceptors (Lipinski definition) is 6. The zero-order chi connectivity index (χ0) is 34.5. The number of nitrogens with zero attached hydrogens (tertiary/aromatic N) is 3. The quantitative estimate of drug-likeness (QED) is 0.281. The molecule has 0 radical (unpaired) electrons. The fourth-order valence-corrected chi connectivity index (χ4v) is 12.4. The van der Waals surface area contributed by atoms with Gasteiger partial charge in [0.1, 0.15) is 6.04 Å². The number of allylic oxidation sites excluding steroid dienone is 1. The molecular formula is C39H64N4O4. The first kappa shape index (κ1) is 35.1. The van der Waals surface area contributed by atoms with E-state index in [1.54, 1.807) is 12.4 Å². The molecule has 4 aliphatic carbocycles. The Labute approximate surface area is 284 Å². The van der Waals surface area contributed by atoms with E-state index >= 15 is 0 Å². The van der Waals surface area contributed by atoms with Crippen LogP contribution in [0.25, 0.3) is 0 Å². The highest BCUT2D eigenvalue weighted by Crippen LogP contribution is 2.76. The van der Waals surface area contributed by atoms with Gasteiger partial charge < -0.3 is 20.3 Å². The van der Waals surface area contributed by atoms with Gasteiger partial charge in [-0.25, -0.2) is 0 Å². The number of nitrogens with two attached hydrogens (primary N) is 1. The summed E-state index contributed by atoms with van der Waals surface area (Å²) >= 11 is 0. The lowest BCUT2D eigenvalue weighted by atomic mass is 9.33. The first-order chi connectivity index (χ1) is 21.8. The number of hydrogen-bond donors (Lipinski definition) is 2. The van der Waals surface area contributed by atoms with E-state index in [0.717, 1.165) is 32.1 Å². The summed E-state index contributed by atoms with van der Waals surface area (Å²) in [5, 5.41) is 20.6. The number of carboxylic acid groups (broad SMARTS) is 1. The Hall–Kier alpha value is -1.77. The van der Waals surface area contributed by atoms with Crippen molar-refractivity contribution < 1.29 is 19.4 Å². The number of carbonyl (C=O) groups is 1. The van der Waals surface area contributed by atoms with Crippen molar-refractivity contribution in [2.45, 2.75) is 126 Å². The first-order valence-corrected chi connectivity index (χ1v) is 18.6. The zero-order valence-electron chi connectivity index (χ0n) is 31.2. The molecule has 3 N–H and O–H groups in total. The van der Waals surface area contributed by atoms with Gasteiger partial charge in [-0.15, -0.1) is 0 Å². The van der Waals surface area contributed by atoms with E-state index in [4.69, 9.17) is 25.4 Å². The number of fused-ring (bicyclic) bond motifs is 3. The fraction of sp³-hybridized carbons (Fsp3) is 0.872. The minimum absolute atomic E-state index is 0.0767. The van der Waals surface area contributed by atoms with Crippen LogP contribution in [-0.2, 0) is 14.3 Å². The van der Waals surface area contributed by atoms with Gasteiger partial charge >= 0.3 is 5.97 Å². The molecule has 0 spiro atoms. The summed E-state index contributed by atoms with van der Waals surface area (Å²) in [4.78, 5) is 15.4. The van der Waals surface area contributed by atoms with Crippen LogP contribution >= 0.6 is 0 Å². The van der Waals surface area contributed by atoms with Gasteiger partial charge in [-0.3, -0.25) is 4.79 Å². The first-order valence-electron chi connectivity index (χ1n) is 18.6. The maximum atomic E-state index is 13.5. The Morgan fingerprint density at radius 2 is 1.74 bits per heavy atom. The molecule has 3 saturated carbocycles. The maximum Gasteiger partial charge on any atom is 0.307 e. The van der Waals surface area contributed by atoms with E-state index in [0.29, 0.717) is 43.5 Å². The smallest absolute Gasteiger partial charge is 0.307 e. The average Bonchev–Trinajstić information content (AvgIpc) is 3.52. The molecule has 5 aliphatic rings. The molecule has 0 aromatic carbocycles.